The highest BCUT2D eigenvalue weighted by molar-refractivity contribution is 5.79. The van der Waals surface area contributed by atoms with Gasteiger partial charge in [0.05, 0.1) is 12.1 Å². The third-order valence-electron chi connectivity index (χ3n) is 3.20. The van der Waals surface area contributed by atoms with E-state index >= 15 is 0 Å². The molecule has 0 saturated carbocycles. The standard InChI is InChI=1S/C19H26F3N3O/c1-15(2)14-26-12-6-11-25-18(23-3)24-10-5-8-16-7-4-9-17(13-16)19(20,21)22/h4,7,9,13,15H,6,10-12,14H2,1-3H3,(H2,23,24,25). The van der Waals surface area contributed by atoms with Gasteiger partial charge in [-0.05, 0) is 30.5 Å². The minimum absolute atomic E-state index is 0.278. The van der Waals surface area contributed by atoms with E-state index in [1.54, 1.807) is 13.1 Å². The molecule has 1 rings (SSSR count). The van der Waals surface area contributed by atoms with Gasteiger partial charge < -0.3 is 15.4 Å². The van der Waals surface area contributed by atoms with Gasteiger partial charge in [0.25, 0.3) is 0 Å². The lowest BCUT2D eigenvalue weighted by Gasteiger charge is -2.10. The van der Waals surface area contributed by atoms with Crippen LogP contribution in [0.15, 0.2) is 29.3 Å². The molecule has 0 amide bonds. The Hall–Kier alpha value is -2.20. The van der Waals surface area contributed by atoms with Crippen molar-refractivity contribution in [2.75, 3.05) is 33.4 Å². The molecule has 0 fully saturated rings. The van der Waals surface area contributed by atoms with Gasteiger partial charge >= 0.3 is 6.18 Å². The second-order valence-corrected chi connectivity index (χ2v) is 6.06. The third-order valence-corrected chi connectivity index (χ3v) is 3.20. The zero-order chi connectivity index (χ0) is 19.4. The van der Waals surface area contributed by atoms with Crippen LogP contribution < -0.4 is 10.6 Å². The summed E-state index contributed by atoms with van der Waals surface area (Å²) in [7, 11) is 1.64. The second kappa shape index (κ2) is 11.4. The maximum absolute atomic E-state index is 12.6. The van der Waals surface area contributed by atoms with Crippen LogP contribution in [-0.2, 0) is 10.9 Å². The van der Waals surface area contributed by atoms with Gasteiger partial charge in [0, 0.05) is 32.4 Å². The molecule has 0 aliphatic heterocycles. The number of nitrogens with one attached hydrogen (secondary N) is 2. The van der Waals surface area contributed by atoms with Gasteiger partial charge in [0.1, 0.15) is 0 Å². The lowest BCUT2D eigenvalue weighted by molar-refractivity contribution is -0.137. The minimum atomic E-state index is -4.36. The van der Waals surface area contributed by atoms with E-state index in [-0.39, 0.29) is 6.54 Å². The molecular formula is C19H26F3N3O. The van der Waals surface area contributed by atoms with Crippen LogP contribution in [0.25, 0.3) is 0 Å². The van der Waals surface area contributed by atoms with E-state index in [4.69, 9.17) is 4.74 Å². The van der Waals surface area contributed by atoms with Crippen molar-refractivity contribution in [3.05, 3.63) is 35.4 Å². The van der Waals surface area contributed by atoms with Gasteiger partial charge in [-0.15, -0.1) is 0 Å². The van der Waals surface area contributed by atoms with Crippen LogP contribution in [0.1, 0.15) is 31.4 Å². The molecule has 0 aromatic heterocycles. The van der Waals surface area contributed by atoms with E-state index in [1.807, 2.05) is 0 Å². The van der Waals surface area contributed by atoms with E-state index in [2.05, 4.69) is 41.3 Å². The Bertz CT molecular complexity index is 631. The Kier molecular flexibility index (Phi) is 9.60. The fourth-order valence-corrected chi connectivity index (χ4v) is 1.97. The number of guanidine groups is 1. The van der Waals surface area contributed by atoms with Gasteiger partial charge in [-0.1, -0.05) is 31.8 Å². The first-order valence-electron chi connectivity index (χ1n) is 8.51. The van der Waals surface area contributed by atoms with Crippen molar-refractivity contribution in [2.45, 2.75) is 26.4 Å². The van der Waals surface area contributed by atoms with Crippen molar-refractivity contribution in [1.29, 1.82) is 0 Å². The van der Waals surface area contributed by atoms with E-state index in [0.717, 1.165) is 25.2 Å². The molecule has 0 radical (unpaired) electrons. The number of nitrogens with zero attached hydrogens (tertiary/aromatic N) is 1. The van der Waals surface area contributed by atoms with Crippen LogP contribution in [0, 0.1) is 17.8 Å². The number of benzene rings is 1. The van der Waals surface area contributed by atoms with Gasteiger partial charge in [-0.2, -0.15) is 13.2 Å². The minimum Gasteiger partial charge on any atom is -0.381 e. The maximum atomic E-state index is 12.6. The Morgan fingerprint density at radius 3 is 2.69 bits per heavy atom. The molecule has 26 heavy (non-hydrogen) atoms. The van der Waals surface area contributed by atoms with Crippen molar-refractivity contribution >= 4 is 5.96 Å². The van der Waals surface area contributed by atoms with Crippen molar-refractivity contribution in [3.8, 4) is 11.8 Å². The number of hydrogen-bond donors (Lipinski definition) is 2. The molecule has 0 saturated heterocycles. The predicted molar refractivity (Wildman–Crippen MR) is 98.0 cm³/mol. The second-order valence-electron chi connectivity index (χ2n) is 6.06. The van der Waals surface area contributed by atoms with E-state index in [1.165, 1.54) is 6.07 Å². The zero-order valence-electron chi connectivity index (χ0n) is 15.4. The summed E-state index contributed by atoms with van der Waals surface area (Å²) < 4.78 is 43.4. The fourth-order valence-electron chi connectivity index (χ4n) is 1.97. The highest BCUT2D eigenvalue weighted by Crippen LogP contribution is 2.29. The topological polar surface area (TPSA) is 45.7 Å². The highest BCUT2D eigenvalue weighted by Gasteiger charge is 2.30. The van der Waals surface area contributed by atoms with Crippen molar-refractivity contribution in [2.24, 2.45) is 10.9 Å². The summed E-state index contributed by atoms with van der Waals surface area (Å²) in [6.07, 6.45) is -3.51. The molecule has 144 valence electrons. The molecule has 7 heteroatoms. The smallest absolute Gasteiger partial charge is 0.381 e. The average molecular weight is 369 g/mol. The van der Waals surface area contributed by atoms with Crippen LogP contribution in [0.5, 0.6) is 0 Å². The Labute approximate surface area is 153 Å². The fraction of sp³-hybridized carbons (Fsp3) is 0.526. The van der Waals surface area contributed by atoms with Gasteiger partial charge in [0.15, 0.2) is 5.96 Å². The maximum Gasteiger partial charge on any atom is 0.416 e. The number of halogens is 3. The summed E-state index contributed by atoms with van der Waals surface area (Å²) in [6, 6.07) is 4.96. The average Bonchev–Trinajstić information content (AvgIpc) is 2.59. The number of rotatable bonds is 7. The largest absolute Gasteiger partial charge is 0.416 e. The highest BCUT2D eigenvalue weighted by atomic mass is 19.4. The van der Waals surface area contributed by atoms with E-state index in [0.29, 0.717) is 30.6 Å². The lowest BCUT2D eigenvalue weighted by Crippen LogP contribution is -2.38. The Morgan fingerprint density at radius 2 is 2.04 bits per heavy atom. The Morgan fingerprint density at radius 1 is 1.27 bits per heavy atom. The van der Waals surface area contributed by atoms with Crippen LogP contribution in [0.2, 0.25) is 0 Å². The molecule has 0 spiro atoms. The van der Waals surface area contributed by atoms with Gasteiger partial charge in [-0.3, -0.25) is 4.99 Å². The summed E-state index contributed by atoms with van der Waals surface area (Å²) in [5, 5.41) is 6.12. The molecule has 0 aliphatic carbocycles. The number of hydrogen-bond acceptors (Lipinski definition) is 2. The molecule has 0 heterocycles. The van der Waals surface area contributed by atoms with E-state index in [9.17, 15) is 13.2 Å². The van der Waals surface area contributed by atoms with Gasteiger partial charge in [-0.25, -0.2) is 0 Å². The normalized spacial score (nSPS) is 11.9. The zero-order valence-corrected chi connectivity index (χ0v) is 15.4. The molecule has 0 bridgehead atoms. The van der Waals surface area contributed by atoms with Crippen molar-refractivity contribution in [1.82, 2.24) is 10.6 Å². The molecule has 0 atom stereocenters. The quantitative estimate of drug-likeness (QED) is 0.336. The SMILES string of the molecule is CN=C(NCC#Cc1cccc(C(F)(F)F)c1)NCCCOCC(C)C. The first-order chi connectivity index (χ1) is 12.3. The summed E-state index contributed by atoms with van der Waals surface area (Å²) in [4.78, 5) is 4.06. The summed E-state index contributed by atoms with van der Waals surface area (Å²) in [5.41, 5.74) is -0.374. The van der Waals surface area contributed by atoms with Crippen molar-refractivity contribution in [3.63, 3.8) is 0 Å². The van der Waals surface area contributed by atoms with Crippen LogP contribution >= 0.6 is 0 Å². The van der Waals surface area contributed by atoms with Crippen LogP contribution in [-0.4, -0.2) is 39.3 Å². The molecule has 2 N–H and O–H groups in total. The number of alkyl halides is 3. The summed E-state index contributed by atoms with van der Waals surface area (Å²) in [6.45, 7) is 6.61. The lowest BCUT2D eigenvalue weighted by atomic mass is 10.1. The molecule has 1 aromatic carbocycles. The predicted octanol–water partition coefficient (Wildman–Crippen LogP) is 3.28. The number of aliphatic imine (C=N–C) groups is 1. The molecule has 0 unspecified atom stereocenters. The summed E-state index contributed by atoms with van der Waals surface area (Å²) >= 11 is 0. The molecule has 0 aliphatic rings. The molecular weight excluding hydrogens is 343 g/mol. The summed E-state index contributed by atoms with van der Waals surface area (Å²) in [5.74, 6) is 6.62. The first kappa shape index (κ1) is 21.8. The molecule has 4 nitrogen and oxygen atoms in total. The van der Waals surface area contributed by atoms with Gasteiger partial charge in [0.2, 0.25) is 0 Å². The monoisotopic (exact) mass is 369 g/mol. The Balaban J connectivity index is 2.34. The van der Waals surface area contributed by atoms with Crippen molar-refractivity contribution < 1.29 is 17.9 Å². The van der Waals surface area contributed by atoms with E-state index < -0.39 is 11.7 Å². The van der Waals surface area contributed by atoms with Crippen LogP contribution in [0.3, 0.4) is 0 Å². The first-order valence-corrected chi connectivity index (χ1v) is 8.51. The third kappa shape index (κ3) is 9.33. The molecule has 1 aromatic rings. The number of ether oxygens (including phenoxy) is 1. The van der Waals surface area contributed by atoms with Crippen LogP contribution in [0.4, 0.5) is 13.2 Å².